The molecular weight excluding hydrogens is 252 g/mol. The van der Waals surface area contributed by atoms with Crippen LogP contribution in [0.4, 0.5) is 0 Å². The molecule has 0 N–H and O–H groups in total. The smallest absolute Gasteiger partial charge is 0.170 e. The largest absolute Gasteiger partial charge is 0.347 e. The molecule has 2 aliphatic rings. The molecule has 2 aliphatic heterocycles. The summed E-state index contributed by atoms with van der Waals surface area (Å²) in [6.45, 7) is 6.47. The zero-order valence-corrected chi connectivity index (χ0v) is 11.9. The van der Waals surface area contributed by atoms with Gasteiger partial charge in [0.2, 0.25) is 0 Å². The first kappa shape index (κ1) is 13.6. The van der Waals surface area contributed by atoms with E-state index >= 15 is 0 Å². The molecule has 0 radical (unpaired) electrons. The van der Waals surface area contributed by atoms with Crippen LogP contribution in [0.25, 0.3) is 0 Å². The van der Waals surface area contributed by atoms with Gasteiger partial charge in [-0.3, -0.25) is 4.90 Å². The van der Waals surface area contributed by atoms with Crippen molar-refractivity contribution in [3.05, 3.63) is 34.9 Å². The molecule has 0 saturated carbocycles. The average Bonchev–Trinajstić information content (AvgIpc) is 2.92. The highest BCUT2D eigenvalue weighted by molar-refractivity contribution is 5.37. The Morgan fingerprint density at radius 1 is 1.25 bits per heavy atom. The minimum absolute atomic E-state index is 0.295. The number of rotatable bonds is 2. The summed E-state index contributed by atoms with van der Waals surface area (Å²) in [6.07, 6.45) is 1.89. The fourth-order valence-corrected chi connectivity index (χ4v) is 3.02. The van der Waals surface area contributed by atoms with E-state index in [1.165, 1.54) is 11.1 Å². The minimum Gasteiger partial charge on any atom is -0.347 e. The maximum Gasteiger partial charge on any atom is 0.170 e. The Labute approximate surface area is 119 Å². The lowest BCUT2D eigenvalue weighted by atomic mass is 10.0. The number of hydrogen-bond acceptors (Lipinski definition) is 4. The Hall–Kier alpha value is -1.41. The van der Waals surface area contributed by atoms with Crippen molar-refractivity contribution in [2.45, 2.75) is 32.1 Å². The molecule has 4 nitrogen and oxygen atoms in total. The number of hydrogen-bond donors (Lipinski definition) is 0. The first-order chi connectivity index (χ1) is 9.71. The van der Waals surface area contributed by atoms with Gasteiger partial charge in [0.05, 0.1) is 24.8 Å². The van der Waals surface area contributed by atoms with Crippen LogP contribution in [0.1, 0.15) is 29.5 Å². The molecule has 1 aromatic carbocycles. The van der Waals surface area contributed by atoms with Gasteiger partial charge >= 0.3 is 0 Å². The second-order valence-electron chi connectivity index (χ2n) is 5.64. The number of benzene rings is 1. The van der Waals surface area contributed by atoms with Gasteiger partial charge in [0.15, 0.2) is 5.79 Å². The van der Waals surface area contributed by atoms with E-state index in [4.69, 9.17) is 14.7 Å². The van der Waals surface area contributed by atoms with Crippen LogP contribution in [0.2, 0.25) is 0 Å². The van der Waals surface area contributed by atoms with Crippen molar-refractivity contribution in [2.24, 2.45) is 0 Å². The van der Waals surface area contributed by atoms with Crippen molar-refractivity contribution in [1.29, 1.82) is 5.26 Å². The minimum atomic E-state index is -0.295. The molecule has 3 rings (SSSR count). The molecule has 106 valence electrons. The van der Waals surface area contributed by atoms with E-state index in [-0.39, 0.29) is 5.79 Å². The molecule has 0 amide bonds. The molecule has 1 spiro atoms. The molecule has 2 heterocycles. The Morgan fingerprint density at radius 3 is 2.55 bits per heavy atom. The predicted molar refractivity (Wildman–Crippen MR) is 75.0 cm³/mol. The van der Waals surface area contributed by atoms with Crippen molar-refractivity contribution in [2.75, 3.05) is 26.3 Å². The van der Waals surface area contributed by atoms with Crippen LogP contribution < -0.4 is 0 Å². The summed E-state index contributed by atoms with van der Waals surface area (Å²) < 4.78 is 11.5. The van der Waals surface area contributed by atoms with Crippen LogP contribution in [-0.2, 0) is 16.0 Å². The highest BCUT2D eigenvalue weighted by atomic mass is 16.7. The molecule has 0 atom stereocenters. The molecule has 0 aliphatic carbocycles. The van der Waals surface area contributed by atoms with E-state index in [0.717, 1.165) is 51.3 Å². The fourth-order valence-electron chi connectivity index (χ4n) is 3.02. The number of likely N-dealkylation sites (tertiary alicyclic amines) is 1. The number of piperidine rings is 1. The van der Waals surface area contributed by atoms with Crippen LogP contribution in [-0.4, -0.2) is 37.0 Å². The van der Waals surface area contributed by atoms with E-state index in [1.807, 2.05) is 12.1 Å². The highest BCUT2D eigenvalue weighted by Gasteiger charge is 2.39. The van der Waals surface area contributed by atoms with E-state index in [2.05, 4.69) is 24.0 Å². The van der Waals surface area contributed by atoms with Crippen molar-refractivity contribution in [3.8, 4) is 6.07 Å². The second kappa shape index (κ2) is 5.53. The monoisotopic (exact) mass is 272 g/mol. The summed E-state index contributed by atoms with van der Waals surface area (Å²) in [5.74, 6) is -0.295. The number of ether oxygens (including phenoxy) is 2. The van der Waals surface area contributed by atoms with Crippen molar-refractivity contribution < 1.29 is 9.47 Å². The van der Waals surface area contributed by atoms with Crippen LogP contribution in [0.15, 0.2) is 18.2 Å². The van der Waals surface area contributed by atoms with Gasteiger partial charge in [-0.15, -0.1) is 0 Å². The lowest BCUT2D eigenvalue weighted by Gasteiger charge is -2.37. The third-order valence-electron chi connectivity index (χ3n) is 4.30. The Bertz CT molecular complexity index is 520. The molecule has 1 aromatic rings. The second-order valence-corrected chi connectivity index (χ2v) is 5.64. The Kier molecular flexibility index (Phi) is 3.75. The topological polar surface area (TPSA) is 45.5 Å². The quantitative estimate of drug-likeness (QED) is 0.828. The molecule has 0 bridgehead atoms. The number of nitrogens with zero attached hydrogens (tertiary/aromatic N) is 2. The SMILES string of the molecule is Cc1cc(C#N)ccc1CN1CCC2(CC1)OCCO2. The molecule has 4 heteroatoms. The van der Waals surface area contributed by atoms with Crippen LogP contribution >= 0.6 is 0 Å². The molecule has 2 fully saturated rings. The lowest BCUT2D eigenvalue weighted by molar-refractivity contribution is -0.185. The van der Waals surface area contributed by atoms with Crippen LogP contribution in [0.5, 0.6) is 0 Å². The molecule has 20 heavy (non-hydrogen) atoms. The number of aryl methyl sites for hydroxylation is 1. The normalized spacial score (nSPS) is 22.0. The summed E-state index contributed by atoms with van der Waals surface area (Å²) in [5.41, 5.74) is 3.22. The Balaban J connectivity index is 1.61. The summed E-state index contributed by atoms with van der Waals surface area (Å²) in [6, 6.07) is 8.12. The number of nitriles is 1. The first-order valence-electron chi connectivity index (χ1n) is 7.21. The predicted octanol–water partition coefficient (Wildman–Crippen LogP) is 2.21. The van der Waals surface area contributed by atoms with Gasteiger partial charge < -0.3 is 9.47 Å². The third-order valence-corrected chi connectivity index (χ3v) is 4.30. The molecule has 0 unspecified atom stereocenters. The van der Waals surface area contributed by atoms with Gasteiger partial charge in [-0.1, -0.05) is 6.07 Å². The fraction of sp³-hybridized carbons (Fsp3) is 0.562. The third kappa shape index (κ3) is 2.71. The zero-order chi connectivity index (χ0) is 14.0. The summed E-state index contributed by atoms with van der Waals surface area (Å²) in [7, 11) is 0. The van der Waals surface area contributed by atoms with Gasteiger partial charge in [-0.05, 0) is 30.2 Å². The van der Waals surface area contributed by atoms with Crippen molar-refractivity contribution in [1.82, 2.24) is 4.90 Å². The highest BCUT2D eigenvalue weighted by Crippen LogP contribution is 2.31. The average molecular weight is 272 g/mol. The maximum absolute atomic E-state index is 8.90. The molecule has 0 aromatic heterocycles. The van der Waals surface area contributed by atoms with Gasteiger partial charge in [-0.25, -0.2) is 0 Å². The zero-order valence-electron chi connectivity index (χ0n) is 11.9. The lowest BCUT2D eigenvalue weighted by Crippen LogP contribution is -2.44. The molecular formula is C16H20N2O2. The van der Waals surface area contributed by atoms with Gasteiger partial charge in [-0.2, -0.15) is 5.26 Å². The van der Waals surface area contributed by atoms with Gasteiger partial charge in [0.1, 0.15) is 0 Å². The van der Waals surface area contributed by atoms with Gasteiger partial charge in [0.25, 0.3) is 0 Å². The summed E-state index contributed by atoms with van der Waals surface area (Å²) in [4.78, 5) is 2.44. The van der Waals surface area contributed by atoms with E-state index in [1.54, 1.807) is 0 Å². The van der Waals surface area contributed by atoms with Crippen LogP contribution in [0, 0.1) is 18.3 Å². The van der Waals surface area contributed by atoms with E-state index in [9.17, 15) is 0 Å². The first-order valence-corrected chi connectivity index (χ1v) is 7.21. The Morgan fingerprint density at radius 2 is 1.95 bits per heavy atom. The van der Waals surface area contributed by atoms with Crippen LogP contribution in [0.3, 0.4) is 0 Å². The van der Waals surface area contributed by atoms with Crippen molar-refractivity contribution >= 4 is 0 Å². The molecule has 2 saturated heterocycles. The van der Waals surface area contributed by atoms with E-state index < -0.39 is 0 Å². The van der Waals surface area contributed by atoms with E-state index in [0.29, 0.717) is 0 Å². The summed E-state index contributed by atoms with van der Waals surface area (Å²) in [5, 5.41) is 8.90. The van der Waals surface area contributed by atoms with Crippen molar-refractivity contribution in [3.63, 3.8) is 0 Å². The maximum atomic E-state index is 8.90. The summed E-state index contributed by atoms with van der Waals surface area (Å²) >= 11 is 0. The standard InChI is InChI=1S/C16H20N2O2/c1-13-10-14(11-17)2-3-15(13)12-18-6-4-16(5-7-18)19-8-9-20-16/h2-3,10H,4-9,12H2,1H3. The van der Waals surface area contributed by atoms with Gasteiger partial charge in [0, 0.05) is 32.5 Å².